The summed E-state index contributed by atoms with van der Waals surface area (Å²) in [6.07, 6.45) is 7.12. The number of pyridine rings is 1. The van der Waals surface area contributed by atoms with E-state index in [0.717, 1.165) is 57.3 Å². The zero-order valence-electron chi connectivity index (χ0n) is 23.0. The number of aromatic nitrogens is 3. The van der Waals surface area contributed by atoms with Crippen LogP contribution in [0.3, 0.4) is 0 Å². The number of alkyl halides is 3. The van der Waals surface area contributed by atoms with Crippen LogP contribution in [-0.4, -0.2) is 63.7 Å². The monoisotopic (exact) mass is 563 g/mol. The lowest BCUT2D eigenvalue weighted by atomic mass is 9.83. The van der Waals surface area contributed by atoms with Crippen LogP contribution in [0.25, 0.3) is 10.9 Å². The van der Waals surface area contributed by atoms with Gasteiger partial charge in [0.1, 0.15) is 6.10 Å². The van der Waals surface area contributed by atoms with Gasteiger partial charge in [0.25, 0.3) is 0 Å². The Morgan fingerprint density at radius 2 is 1.98 bits per heavy atom. The Bertz CT molecular complexity index is 1180. The molecule has 0 amide bonds. The molecule has 0 aromatic carbocycles. The molecule has 3 aliphatic rings. The maximum absolute atomic E-state index is 12.9. The molecule has 0 bridgehead atoms. The number of hydrogen-bond acceptors (Lipinski definition) is 8. The third-order valence-electron chi connectivity index (χ3n) is 8.28. The van der Waals surface area contributed by atoms with Crippen molar-refractivity contribution < 1.29 is 27.8 Å². The summed E-state index contributed by atoms with van der Waals surface area (Å²) in [5.74, 6) is 1.23. The zero-order valence-corrected chi connectivity index (χ0v) is 23.0. The van der Waals surface area contributed by atoms with Crippen molar-refractivity contribution in [3.8, 4) is 5.88 Å². The van der Waals surface area contributed by atoms with E-state index in [1.165, 1.54) is 12.5 Å². The Morgan fingerprint density at radius 1 is 1.18 bits per heavy atom. The second-order valence-electron chi connectivity index (χ2n) is 11.8. The van der Waals surface area contributed by atoms with Crippen LogP contribution >= 0.6 is 0 Å². The van der Waals surface area contributed by atoms with E-state index < -0.39 is 18.6 Å². The number of aliphatic hydroxyl groups excluding tert-OH is 1. The lowest BCUT2D eigenvalue weighted by molar-refractivity contribution is -0.136. The molecule has 2 aliphatic carbocycles. The van der Waals surface area contributed by atoms with Gasteiger partial charge in [-0.1, -0.05) is 11.6 Å². The summed E-state index contributed by atoms with van der Waals surface area (Å²) in [6, 6.07) is -0.907. The molecule has 2 fully saturated rings. The van der Waals surface area contributed by atoms with Crippen LogP contribution in [0.4, 0.5) is 19.1 Å². The standard InChI is InChI=1S/C29H40F3N5O3/c1-17(13-29(30,31)32)36-28-35-15-25-26(37-28)24(20-3-5-22(38)6-4-20)14-34-27(25)40-23-7-2-18(11-21(33)12-23)10-19-8-9-39-16-19/h2,14-15,17,19-23,38H,3-13,16,33H2,1H3,(H,35,36,37)/t17-,19-,20-,21+,22-,23-/m0/s1. The molecule has 220 valence electrons. The van der Waals surface area contributed by atoms with Crippen molar-refractivity contribution in [1.29, 1.82) is 0 Å². The fourth-order valence-electron chi connectivity index (χ4n) is 6.26. The van der Waals surface area contributed by atoms with Crippen LogP contribution in [0.5, 0.6) is 5.88 Å². The van der Waals surface area contributed by atoms with Crippen LogP contribution < -0.4 is 15.8 Å². The number of nitrogens with zero attached hydrogens (tertiary/aromatic N) is 3. The van der Waals surface area contributed by atoms with E-state index in [1.54, 1.807) is 12.4 Å². The highest BCUT2D eigenvalue weighted by atomic mass is 19.4. The van der Waals surface area contributed by atoms with Crippen molar-refractivity contribution in [2.45, 2.75) is 108 Å². The molecule has 3 heterocycles. The Kier molecular flexibility index (Phi) is 9.11. The number of fused-ring (bicyclic) bond motifs is 1. The van der Waals surface area contributed by atoms with Gasteiger partial charge in [0, 0.05) is 56.1 Å². The van der Waals surface area contributed by atoms with Gasteiger partial charge in [-0.3, -0.25) is 0 Å². The number of nitrogens with one attached hydrogen (secondary N) is 1. The first-order valence-electron chi connectivity index (χ1n) is 14.5. The van der Waals surface area contributed by atoms with Crippen LogP contribution in [0.2, 0.25) is 0 Å². The van der Waals surface area contributed by atoms with Crippen molar-refractivity contribution in [1.82, 2.24) is 15.0 Å². The summed E-state index contributed by atoms with van der Waals surface area (Å²) in [5.41, 5.74) is 9.38. The van der Waals surface area contributed by atoms with Crippen LogP contribution in [0.1, 0.15) is 82.6 Å². The molecule has 8 nitrogen and oxygen atoms in total. The largest absolute Gasteiger partial charge is 0.473 e. The molecule has 0 spiro atoms. The summed E-state index contributed by atoms with van der Waals surface area (Å²) in [6.45, 7) is 3.09. The topological polar surface area (TPSA) is 115 Å². The Hall–Kier alpha value is -2.50. The van der Waals surface area contributed by atoms with Crippen molar-refractivity contribution in [2.75, 3.05) is 18.5 Å². The minimum atomic E-state index is -4.29. The van der Waals surface area contributed by atoms with Gasteiger partial charge in [0.2, 0.25) is 11.8 Å². The van der Waals surface area contributed by atoms with Crippen molar-refractivity contribution in [3.05, 3.63) is 29.6 Å². The predicted octanol–water partition coefficient (Wildman–Crippen LogP) is 5.41. The van der Waals surface area contributed by atoms with E-state index in [2.05, 4.69) is 26.3 Å². The number of aliphatic hydroxyl groups is 1. The minimum absolute atomic E-state index is 0.0255. The van der Waals surface area contributed by atoms with Gasteiger partial charge in [0.05, 0.1) is 23.4 Å². The average molecular weight is 564 g/mol. The Labute approximate surface area is 233 Å². The Morgan fingerprint density at radius 3 is 2.70 bits per heavy atom. The molecule has 0 radical (unpaired) electrons. The first-order valence-corrected chi connectivity index (χ1v) is 14.5. The van der Waals surface area contributed by atoms with E-state index in [0.29, 0.717) is 42.0 Å². The molecule has 1 aliphatic heterocycles. The van der Waals surface area contributed by atoms with Gasteiger partial charge >= 0.3 is 6.18 Å². The quantitative estimate of drug-likeness (QED) is 0.366. The third kappa shape index (κ3) is 7.61. The fraction of sp³-hybridized carbons (Fsp3) is 0.690. The van der Waals surface area contributed by atoms with Gasteiger partial charge in [-0.25, -0.2) is 15.0 Å². The molecule has 4 atom stereocenters. The number of nitrogens with two attached hydrogens (primary N) is 1. The highest BCUT2D eigenvalue weighted by molar-refractivity contribution is 5.86. The first kappa shape index (κ1) is 29.0. The normalized spacial score (nSPS) is 28.6. The molecular weight excluding hydrogens is 523 g/mol. The summed E-state index contributed by atoms with van der Waals surface area (Å²) < 4.78 is 50.7. The van der Waals surface area contributed by atoms with E-state index in [9.17, 15) is 18.3 Å². The number of anilines is 1. The maximum Gasteiger partial charge on any atom is 0.391 e. The van der Waals surface area contributed by atoms with Gasteiger partial charge < -0.3 is 25.6 Å². The number of ether oxygens (including phenoxy) is 2. The van der Waals surface area contributed by atoms with Crippen molar-refractivity contribution >= 4 is 16.9 Å². The highest BCUT2D eigenvalue weighted by Crippen LogP contribution is 2.38. The van der Waals surface area contributed by atoms with Crippen molar-refractivity contribution in [3.63, 3.8) is 0 Å². The molecular formula is C29H40F3N5O3. The molecule has 4 N–H and O–H groups in total. The molecule has 2 aromatic rings. The summed E-state index contributed by atoms with van der Waals surface area (Å²) in [7, 11) is 0. The van der Waals surface area contributed by atoms with Gasteiger partial charge in [-0.2, -0.15) is 13.2 Å². The molecule has 1 saturated heterocycles. The highest BCUT2D eigenvalue weighted by Gasteiger charge is 2.31. The van der Waals surface area contributed by atoms with E-state index in [-0.39, 0.29) is 30.1 Å². The smallest absolute Gasteiger partial charge is 0.391 e. The summed E-state index contributed by atoms with van der Waals surface area (Å²) in [4.78, 5) is 13.7. The SMILES string of the molecule is C[C@@H](CC(F)(F)F)Nc1ncc2c(O[C@H]3CC=C(C[C@@H]4CCOC4)C[C@@H](N)C3)ncc([C@H]3CC[C@H](O)CC3)c2n1. The molecule has 2 aromatic heterocycles. The molecule has 5 rings (SSSR count). The zero-order chi connectivity index (χ0) is 28.3. The van der Waals surface area contributed by atoms with Gasteiger partial charge in [-0.15, -0.1) is 0 Å². The minimum Gasteiger partial charge on any atom is -0.473 e. The molecule has 0 unspecified atom stereocenters. The predicted molar refractivity (Wildman–Crippen MR) is 146 cm³/mol. The second kappa shape index (κ2) is 12.6. The average Bonchev–Trinajstić information content (AvgIpc) is 3.33. The number of rotatable bonds is 8. The number of halogens is 3. The molecule has 40 heavy (non-hydrogen) atoms. The lowest BCUT2D eigenvalue weighted by Gasteiger charge is -2.27. The summed E-state index contributed by atoms with van der Waals surface area (Å²) in [5, 5.41) is 13.4. The fourth-order valence-corrected chi connectivity index (χ4v) is 6.26. The van der Waals surface area contributed by atoms with E-state index >= 15 is 0 Å². The van der Waals surface area contributed by atoms with Gasteiger partial charge in [-0.05, 0) is 63.7 Å². The third-order valence-corrected chi connectivity index (χ3v) is 8.28. The number of hydrogen-bond donors (Lipinski definition) is 3. The van der Waals surface area contributed by atoms with Crippen LogP contribution in [0.15, 0.2) is 24.0 Å². The molecule has 11 heteroatoms. The lowest BCUT2D eigenvalue weighted by Crippen LogP contribution is -2.28. The van der Waals surface area contributed by atoms with Gasteiger partial charge in [0.15, 0.2) is 0 Å². The van der Waals surface area contributed by atoms with Crippen LogP contribution in [-0.2, 0) is 4.74 Å². The Balaban J connectivity index is 1.39. The van der Waals surface area contributed by atoms with Crippen LogP contribution in [0, 0.1) is 5.92 Å². The first-order chi connectivity index (χ1) is 19.1. The maximum atomic E-state index is 12.9. The summed E-state index contributed by atoms with van der Waals surface area (Å²) >= 11 is 0. The molecule has 1 saturated carbocycles. The van der Waals surface area contributed by atoms with E-state index in [4.69, 9.17) is 15.2 Å². The van der Waals surface area contributed by atoms with E-state index in [1.807, 2.05) is 0 Å². The van der Waals surface area contributed by atoms with Crippen molar-refractivity contribution in [2.24, 2.45) is 11.7 Å². The second-order valence-corrected chi connectivity index (χ2v) is 11.8.